The van der Waals surface area contributed by atoms with Crippen molar-refractivity contribution >= 4 is 5.91 Å². The van der Waals surface area contributed by atoms with Crippen molar-refractivity contribution < 1.29 is 14.3 Å². The highest BCUT2D eigenvalue weighted by atomic mass is 19.1. The second-order valence-corrected chi connectivity index (χ2v) is 5.10. The Bertz CT molecular complexity index is 465. The van der Waals surface area contributed by atoms with Crippen LogP contribution in [0.1, 0.15) is 23.7 Å². The van der Waals surface area contributed by atoms with E-state index in [1.165, 1.54) is 6.07 Å². The normalized spacial score (nSPS) is 23.1. The Morgan fingerprint density at radius 1 is 1.58 bits per heavy atom. The van der Waals surface area contributed by atoms with Crippen molar-refractivity contribution in [2.24, 2.45) is 11.8 Å². The first-order chi connectivity index (χ1) is 9.08. The molecule has 1 saturated heterocycles. The number of hydrogen-bond donors (Lipinski definition) is 3. The summed E-state index contributed by atoms with van der Waals surface area (Å²) in [6, 6.07) is 3.37. The molecule has 2 unspecified atom stereocenters. The van der Waals surface area contributed by atoms with Gasteiger partial charge < -0.3 is 15.7 Å². The molecule has 1 aromatic rings. The van der Waals surface area contributed by atoms with Gasteiger partial charge in [0, 0.05) is 6.54 Å². The summed E-state index contributed by atoms with van der Waals surface area (Å²) in [4.78, 5) is 11.9. The van der Waals surface area contributed by atoms with Crippen LogP contribution in [-0.2, 0) is 0 Å². The zero-order valence-corrected chi connectivity index (χ0v) is 10.9. The zero-order valence-electron chi connectivity index (χ0n) is 10.9. The quantitative estimate of drug-likeness (QED) is 0.777. The van der Waals surface area contributed by atoms with E-state index in [1.807, 2.05) is 0 Å². The summed E-state index contributed by atoms with van der Waals surface area (Å²) in [5.74, 6) is -0.241. The van der Waals surface area contributed by atoms with Crippen molar-refractivity contribution in [3.05, 3.63) is 29.6 Å². The molecule has 2 atom stereocenters. The van der Waals surface area contributed by atoms with Crippen LogP contribution in [0.15, 0.2) is 18.2 Å². The predicted octanol–water partition coefficient (Wildman–Crippen LogP) is 1.51. The minimum atomic E-state index is -0.529. The van der Waals surface area contributed by atoms with Crippen LogP contribution in [0, 0.1) is 17.7 Å². The summed E-state index contributed by atoms with van der Waals surface area (Å²) in [6.07, 6.45) is 1.01. The van der Waals surface area contributed by atoms with Gasteiger partial charge in [-0.2, -0.15) is 0 Å². The molecule has 4 nitrogen and oxygen atoms in total. The average molecular weight is 266 g/mol. The first-order valence-electron chi connectivity index (χ1n) is 6.55. The predicted molar refractivity (Wildman–Crippen MR) is 70.5 cm³/mol. The fraction of sp³-hybridized carbons (Fsp3) is 0.500. The topological polar surface area (TPSA) is 61.4 Å². The molecule has 19 heavy (non-hydrogen) atoms. The van der Waals surface area contributed by atoms with Crippen LogP contribution in [0.25, 0.3) is 0 Å². The fourth-order valence-electron chi connectivity index (χ4n) is 2.38. The summed E-state index contributed by atoms with van der Waals surface area (Å²) < 4.78 is 13.1. The van der Waals surface area contributed by atoms with Crippen molar-refractivity contribution in [2.45, 2.75) is 13.3 Å². The molecule has 1 aromatic carbocycles. The molecule has 0 radical (unpaired) electrons. The van der Waals surface area contributed by atoms with E-state index in [0.717, 1.165) is 31.6 Å². The van der Waals surface area contributed by atoms with Gasteiger partial charge in [-0.05, 0) is 49.5 Å². The highest BCUT2D eigenvalue weighted by Crippen LogP contribution is 2.20. The van der Waals surface area contributed by atoms with Gasteiger partial charge in [0.1, 0.15) is 11.6 Å². The minimum Gasteiger partial charge on any atom is -0.507 e. The first kappa shape index (κ1) is 13.8. The highest BCUT2D eigenvalue weighted by molar-refractivity contribution is 5.96. The van der Waals surface area contributed by atoms with Crippen LogP contribution < -0.4 is 10.6 Å². The van der Waals surface area contributed by atoms with Crippen LogP contribution in [0.2, 0.25) is 0 Å². The molecule has 0 spiro atoms. The van der Waals surface area contributed by atoms with Gasteiger partial charge >= 0.3 is 0 Å². The Hall–Kier alpha value is -1.62. The van der Waals surface area contributed by atoms with Gasteiger partial charge in [0.25, 0.3) is 5.91 Å². The minimum absolute atomic E-state index is 0.0124. The number of nitrogens with one attached hydrogen (secondary N) is 2. The summed E-state index contributed by atoms with van der Waals surface area (Å²) in [7, 11) is 0. The van der Waals surface area contributed by atoms with Gasteiger partial charge in [-0.15, -0.1) is 0 Å². The number of carbonyl (C=O) groups is 1. The lowest BCUT2D eigenvalue weighted by atomic mass is 9.88. The third-order valence-corrected chi connectivity index (χ3v) is 3.69. The van der Waals surface area contributed by atoms with Crippen molar-refractivity contribution in [2.75, 3.05) is 19.6 Å². The molecule has 104 valence electrons. The summed E-state index contributed by atoms with van der Waals surface area (Å²) in [6.45, 7) is 4.60. The molecule has 2 rings (SSSR count). The molecule has 0 bridgehead atoms. The smallest absolute Gasteiger partial charge is 0.255 e. The lowest BCUT2D eigenvalue weighted by Gasteiger charge is -2.29. The van der Waals surface area contributed by atoms with Crippen molar-refractivity contribution in [1.82, 2.24) is 10.6 Å². The molecule has 3 N–H and O–H groups in total. The van der Waals surface area contributed by atoms with Gasteiger partial charge in [-0.1, -0.05) is 6.92 Å². The monoisotopic (exact) mass is 266 g/mol. The van der Waals surface area contributed by atoms with Crippen LogP contribution in [-0.4, -0.2) is 30.6 Å². The van der Waals surface area contributed by atoms with Crippen molar-refractivity contribution in [1.29, 1.82) is 0 Å². The molecule has 1 aliphatic rings. The van der Waals surface area contributed by atoms with Crippen LogP contribution >= 0.6 is 0 Å². The molecule has 0 saturated carbocycles. The van der Waals surface area contributed by atoms with E-state index in [9.17, 15) is 14.3 Å². The SMILES string of the molecule is CC1CNCCC1CNC(=O)c1cc(F)ccc1O. The van der Waals surface area contributed by atoms with E-state index in [2.05, 4.69) is 17.6 Å². The molecular weight excluding hydrogens is 247 g/mol. The van der Waals surface area contributed by atoms with Gasteiger partial charge in [-0.3, -0.25) is 4.79 Å². The van der Waals surface area contributed by atoms with E-state index in [1.54, 1.807) is 0 Å². The molecule has 1 fully saturated rings. The zero-order chi connectivity index (χ0) is 13.8. The third-order valence-electron chi connectivity index (χ3n) is 3.69. The van der Waals surface area contributed by atoms with Gasteiger partial charge in [-0.25, -0.2) is 4.39 Å². The first-order valence-corrected chi connectivity index (χ1v) is 6.55. The molecule has 1 heterocycles. The largest absolute Gasteiger partial charge is 0.507 e. The van der Waals surface area contributed by atoms with E-state index in [-0.39, 0.29) is 11.3 Å². The Morgan fingerprint density at radius 2 is 2.37 bits per heavy atom. The fourth-order valence-corrected chi connectivity index (χ4v) is 2.38. The lowest BCUT2D eigenvalue weighted by molar-refractivity contribution is 0.0935. The number of carbonyl (C=O) groups excluding carboxylic acids is 1. The number of benzene rings is 1. The number of hydrogen-bond acceptors (Lipinski definition) is 3. The van der Waals surface area contributed by atoms with Crippen molar-refractivity contribution in [3.8, 4) is 5.75 Å². The maximum atomic E-state index is 13.1. The van der Waals surface area contributed by atoms with Crippen LogP contribution in [0.4, 0.5) is 4.39 Å². The Balaban J connectivity index is 1.95. The Labute approximate surface area is 112 Å². The second kappa shape index (κ2) is 6.02. The molecule has 0 aromatic heterocycles. The molecule has 0 aliphatic carbocycles. The van der Waals surface area contributed by atoms with Crippen LogP contribution in [0.3, 0.4) is 0 Å². The van der Waals surface area contributed by atoms with Gasteiger partial charge in [0.15, 0.2) is 0 Å². The second-order valence-electron chi connectivity index (χ2n) is 5.10. The maximum Gasteiger partial charge on any atom is 0.255 e. The number of phenolic OH excluding ortho intramolecular Hbond substituents is 1. The van der Waals surface area contributed by atoms with Gasteiger partial charge in [0.05, 0.1) is 5.56 Å². The third kappa shape index (κ3) is 3.44. The Morgan fingerprint density at radius 3 is 3.11 bits per heavy atom. The maximum absolute atomic E-state index is 13.1. The number of rotatable bonds is 3. The highest BCUT2D eigenvalue weighted by Gasteiger charge is 2.22. The number of phenols is 1. The van der Waals surface area contributed by atoms with Gasteiger partial charge in [0.2, 0.25) is 0 Å². The summed E-state index contributed by atoms with van der Waals surface area (Å²) in [5, 5.41) is 15.6. The van der Waals surface area contributed by atoms with Crippen LogP contribution in [0.5, 0.6) is 5.75 Å². The number of piperidine rings is 1. The van der Waals surface area contributed by atoms with Crippen molar-refractivity contribution in [3.63, 3.8) is 0 Å². The van der Waals surface area contributed by atoms with E-state index >= 15 is 0 Å². The molecule has 5 heteroatoms. The Kier molecular flexibility index (Phi) is 4.37. The lowest BCUT2D eigenvalue weighted by Crippen LogP contribution is -2.41. The standard InChI is InChI=1S/C14H19FN2O2/c1-9-7-16-5-4-10(9)8-17-14(19)12-6-11(15)2-3-13(12)18/h2-3,6,9-10,16,18H,4-5,7-8H2,1H3,(H,17,19). The number of amides is 1. The average Bonchev–Trinajstić information content (AvgIpc) is 2.40. The number of aromatic hydroxyl groups is 1. The summed E-state index contributed by atoms with van der Waals surface area (Å²) in [5.41, 5.74) is -0.0124. The summed E-state index contributed by atoms with van der Waals surface area (Å²) >= 11 is 0. The molecule has 1 aliphatic heterocycles. The van der Waals surface area contributed by atoms with E-state index < -0.39 is 11.7 Å². The molecular formula is C14H19FN2O2. The molecule has 1 amide bonds. The number of halogens is 1. The van der Waals surface area contributed by atoms with E-state index in [0.29, 0.717) is 18.4 Å². The van der Waals surface area contributed by atoms with E-state index in [4.69, 9.17) is 0 Å².